The Morgan fingerprint density at radius 2 is 2.12 bits per heavy atom. The first-order valence-electron chi connectivity index (χ1n) is 5.47. The Bertz CT molecular complexity index is 522. The van der Waals surface area contributed by atoms with E-state index >= 15 is 0 Å². The van der Waals surface area contributed by atoms with Crippen LogP contribution in [0.15, 0.2) is 16.5 Å². The molecule has 5 nitrogen and oxygen atoms in total. The molecule has 5 heteroatoms. The Kier molecular flexibility index (Phi) is 3.19. The maximum atomic E-state index is 5.89. The zero-order valence-electron chi connectivity index (χ0n) is 10.2. The van der Waals surface area contributed by atoms with Crippen LogP contribution < -0.4 is 15.2 Å². The molecular formula is C12H16N2O3. The fourth-order valence-electron chi connectivity index (χ4n) is 1.60. The highest BCUT2D eigenvalue weighted by atomic mass is 16.5. The van der Waals surface area contributed by atoms with Crippen molar-refractivity contribution >= 4 is 11.1 Å². The lowest BCUT2D eigenvalue weighted by atomic mass is 10.2. The first-order chi connectivity index (χ1) is 8.19. The summed E-state index contributed by atoms with van der Waals surface area (Å²) in [5.41, 5.74) is 7.19. The van der Waals surface area contributed by atoms with Crippen molar-refractivity contribution in [3.05, 3.63) is 18.0 Å². The molecule has 0 spiro atoms. The highest BCUT2D eigenvalue weighted by molar-refractivity contribution is 5.81. The van der Waals surface area contributed by atoms with Gasteiger partial charge in [0.25, 0.3) is 0 Å². The van der Waals surface area contributed by atoms with Crippen molar-refractivity contribution < 1.29 is 13.9 Å². The van der Waals surface area contributed by atoms with Gasteiger partial charge in [0.15, 0.2) is 16.8 Å². The van der Waals surface area contributed by atoms with Gasteiger partial charge in [0.2, 0.25) is 5.89 Å². The van der Waals surface area contributed by atoms with E-state index in [1.54, 1.807) is 26.4 Å². The number of methoxy groups -OCH3 is 2. The summed E-state index contributed by atoms with van der Waals surface area (Å²) < 4.78 is 16.0. The smallest absolute Gasteiger partial charge is 0.212 e. The van der Waals surface area contributed by atoms with Crippen molar-refractivity contribution in [1.29, 1.82) is 0 Å². The van der Waals surface area contributed by atoms with Crippen LogP contribution >= 0.6 is 0 Å². The summed E-state index contributed by atoms with van der Waals surface area (Å²) in [6.07, 6.45) is 0.770. The van der Waals surface area contributed by atoms with Gasteiger partial charge in [-0.1, -0.05) is 6.92 Å². The van der Waals surface area contributed by atoms with Crippen molar-refractivity contribution in [2.24, 2.45) is 5.73 Å². The van der Waals surface area contributed by atoms with Crippen LogP contribution in [0.25, 0.3) is 11.1 Å². The molecule has 92 valence electrons. The monoisotopic (exact) mass is 236 g/mol. The van der Waals surface area contributed by atoms with Gasteiger partial charge in [-0.15, -0.1) is 0 Å². The van der Waals surface area contributed by atoms with Gasteiger partial charge >= 0.3 is 0 Å². The zero-order valence-corrected chi connectivity index (χ0v) is 10.2. The predicted molar refractivity (Wildman–Crippen MR) is 64.3 cm³/mol. The molecule has 0 fully saturated rings. The van der Waals surface area contributed by atoms with Crippen molar-refractivity contribution in [3.63, 3.8) is 0 Å². The van der Waals surface area contributed by atoms with E-state index in [1.165, 1.54) is 0 Å². The minimum absolute atomic E-state index is 0.196. The molecule has 0 radical (unpaired) electrons. The van der Waals surface area contributed by atoms with Gasteiger partial charge in [-0.3, -0.25) is 0 Å². The number of nitrogens with zero attached hydrogens (tertiary/aromatic N) is 1. The first kappa shape index (κ1) is 11.7. The van der Waals surface area contributed by atoms with Crippen molar-refractivity contribution in [2.75, 3.05) is 14.2 Å². The van der Waals surface area contributed by atoms with E-state index < -0.39 is 0 Å². The molecule has 1 heterocycles. The Labute approximate surface area is 99.5 Å². The van der Waals surface area contributed by atoms with Crippen LogP contribution in [0.4, 0.5) is 0 Å². The molecule has 2 aromatic rings. The van der Waals surface area contributed by atoms with Crippen molar-refractivity contribution in [1.82, 2.24) is 4.98 Å². The van der Waals surface area contributed by atoms with Gasteiger partial charge in [-0.25, -0.2) is 4.98 Å². The largest absolute Gasteiger partial charge is 0.496 e. The second-order valence-corrected chi connectivity index (χ2v) is 3.74. The summed E-state index contributed by atoms with van der Waals surface area (Å²) in [5, 5.41) is 0. The number of aromatic nitrogens is 1. The molecule has 1 unspecified atom stereocenters. The molecule has 1 aromatic carbocycles. The fourth-order valence-corrected chi connectivity index (χ4v) is 1.60. The molecule has 2 rings (SSSR count). The standard InChI is InChI=1S/C12H16N2O3/c1-4-8(13)12-14-11-9(16-3)5-7(15-2)6-10(11)17-12/h5-6,8H,4,13H2,1-3H3. The number of hydrogen-bond acceptors (Lipinski definition) is 5. The second kappa shape index (κ2) is 4.63. The molecule has 17 heavy (non-hydrogen) atoms. The third-order valence-corrected chi connectivity index (χ3v) is 2.66. The van der Waals surface area contributed by atoms with Gasteiger partial charge in [-0.2, -0.15) is 0 Å². The summed E-state index contributed by atoms with van der Waals surface area (Å²) >= 11 is 0. The topological polar surface area (TPSA) is 70.5 Å². The summed E-state index contributed by atoms with van der Waals surface area (Å²) in [4.78, 5) is 4.36. The molecular weight excluding hydrogens is 220 g/mol. The maximum absolute atomic E-state index is 5.89. The Hall–Kier alpha value is -1.75. The lowest BCUT2D eigenvalue weighted by Gasteiger charge is -2.03. The summed E-state index contributed by atoms with van der Waals surface area (Å²) in [6.45, 7) is 1.98. The van der Waals surface area contributed by atoms with Crippen LogP contribution in [0.1, 0.15) is 25.3 Å². The molecule has 0 saturated heterocycles. The number of benzene rings is 1. The number of oxazole rings is 1. The van der Waals surface area contributed by atoms with E-state index in [1.807, 2.05) is 6.92 Å². The highest BCUT2D eigenvalue weighted by Crippen LogP contribution is 2.32. The van der Waals surface area contributed by atoms with Crippen molar-refractivity contribution in [3.8, 4) is 11.5 Å². The average molecular weight is 236 g/mol. The average Bonchev–Trinajstić information content (AvgIpc) is 2.80. The third-order valence-electron chi connectivity index (χ3n) is 2.66. The third kappa shape index (κ3) is 2.06. The normalized spacial score (nSPS) is 12.7. The predicted octanol–water partition coefficient (Wildman–Crippen LogP) is 2.25. The summed E-state index contributed by atoms with van der Waals surface area (Å²) in [5.74, 6) is 1.81. The minimum atomic E-state index is -0.196. The van der Waals surface area contributed by atoms with Gasteiger partial charge in [0.05, 0.1) is 20.3 Å². The Morgan fingerprint density at radius 1 is 1.35 bits per heavy atom. The van der Waals surface area contributed by atoms with E-state index in [2.05, 4.69) is 4.98 Å². The van der Waals surface area contributed by atoms with Crippen LogP contribution in [0.2, 0.25) is 0 Å². The fraction of sp³-hybridized carbons (Fsp3) is 0.417. The molecule has 0 amide bonds. The van der Waals surface area contributed by atoms with E-state index in [0.29, 0.717) is 28.5 Å². The molecule has 0 aliphatic heterocycles. The van der Waals surface area contributed by atoms with E-state index in [9.17, 15) is 0 Å². The molecule has 0 aliphatic rings. The number of ether oxygens (including phenoxy) is 2. The summed E-state index contributed by atoms with van der Waals surface area (Å²) in [6, 6.07) is 3.35. The van der Waals surface area contributed by atoms with Crippen LogP contribution in [0, 0.1) is 0 Å². The first-order valence-corrected chi connectivity index (χ1v) is 5.47. The lowest BCUT2D eigenvalue weighted by Crippen LogP contribution is -2.08. The van der Waals surface area contributed by atoms with Gasteiger partial charge < -0.3 is 19.6 Å². The van der Waals surface area contributed by atoms with Gasteiger partial charge in [0.1, 0.15) is 5.75 Å². The van der Waals surface area contributed by atoms with Crippen molar-refractivity contribution in [2.45, 2.75) is 19.4 Å². The molecule has 0 saturated carbocycles. The number of hydrogen-bond donors (Lipinski definition) is 1. The summed E-state index contributed by atoms with van der Waals surface area (Å²) in [7, 11) is 3.18. The molecule has 2 N–H and O–H groups in total. The van der Waals surface area contributed by atoms with Crippen LogP contribution in [-0.2, 0) is 0 Å². The molecule has 1 atom stereocenters. The molecule has 1 aromatic heterocycles. The van der Waals surface area contributed by atoms with Crippen LogP contribution in [0.3, 0.4) is 0 Å². The van der Waals surface area contributed by atoms with Gasteiger partial charge in [-0.05, 0) is 6.42 Å². The SMILES string of the molecule is CCC(N)c1nc2c(OC)cc(OC)cc2o1. The van der Waals surface area contributed by atoms with E-state index in [4.69, 9.17) is 19.6 Å². The maximum Gasteiger partial charge on any atom is 0.212 e. The zero-order chi connectivity index (χ0) is 12.4. The number of nitrogens with two attached hydrogens (primary N) is 1. The number of rotatable bonds is 4. The highest BCUT2D eigenvalue weighted by Gasteiger charge is 2.16. The van der Waals surface area contributed by atoms with Crippen LogP contribution in [0.5, 0.6) is 11.5 Å². The quantitative estimate of drug-likeness (QED) is 0.881. The Balaban J connectivity index is 2.58. The molecule has 0 bridgehead atoms. The lowest BCUT2D eigenvalue weighted by molar-refractivity contribution is 0.396. The number of fused-ring (bicyclic) bond motifs is 1. The van der Waals surface area contributed by atoms with E-state index in [-0.39, 0.29) is 6.04 Å². The van der Waals surface area contributed by atoms with E-state index in [0.717, 1.165) is 6.42 Å². The second-order valence-electron chi connectivity index (χ2n) is 3.74. The van der Waals surface area contributed by atoms with Gasteiger partial charge in [0, 0.05) is 12.1 Å². The van der Waals surface area contributed by atoms with Crippen LogP contribution in [-0.4, -0.2) is 19.2 Å². The molecule has 0 aliphatic carbocycles. The Morgan fingerprint density at radius 3 is 2.71 bits per heavy atom. The minimum Gasteiger partial charge on any atom is -0.496 e.